The minimum Gasteiger partial charge on any atom is -0.331 e. The van der Waals surface area contributed by atoms with Gasteiger partial charge in [-0.3, -0.25) is 14.9 Å². The van der Waals surface area contributed by atoms with E-state index in [0.29, 0.717) is 5.56 Å². The molecule has 1 amide bonds. The van der Waals surface area contributed by atoms with Crippen molar-refractivity contribution >= 4 is 17.7 Å². The molecule has 5 nitrogen and oxygen atoms in total. The Bertz CT molecular complexity index is 512. The van der Waals surface area contributed by atoms with E-state index in [1.165, 1.54) is 23.1 Å². The van der Waals surface area contributed by atoms with Crippen LogP contribution in [0.3, 0.4) is 0 Å². The van der Waals surface area contributed by atoms with Gasteiger partial charge in [0.15, 0.2) is 0 Å². The molecule has 0 bridgehead atoms. The fraction of sp³-hybridized carbons (Fsp3) is 0.154. The predicted molar refractivity (Wildman–Crippen MR) is 68.6 cm³/mol. The van der Waals surface area contributed by atoms with Crippen LogP contribution < -0.4 is 0 Å². The maximum Gasteiger partial charge on any atom is 0.269 e. The molecule has 0 saturated heterocycles. The molecule has 92 valence electrons. The number of nitrogens with zero attached hydrogens (tertiary/aromatic N) is 2. The standard InChI is InChI=1S/C13H12N2O3/c1-3-10-14(2)13(16)9-6-11-4-7-12(8-5-11)15(17)18/h1,4-9H,10H2,2H3/b9-6+. The fourth-order valence-corrected chi connectivity index (χ4v) is 1.22. The largest absolute Gasteiger partial charge is 0.331 e. The summed E-state index contributed by atoms with van der Waals surface area (Å²) in [4.78, 5) is 22.9. The molecule has 18 heavy (non-hydrogen) atoms. The normalized spacial score (nSPS) is 10.0. The highest BCUT2D eigenvalue weighted by Crippen LogP contribution is 2.12. The number of likely N-dealkylation sites (N-methyl/N-ethyl adjacent to an activating group) is 1. The maximum absolute atomic E-state index is 11.5. The zero-order valence-corrected chi connectivity index (χ0v) is 9.87. The lowest BCUT2D eigenvalue weighted by Gasteiger charge is -2.09. The number of carbonyl (C=O) groups excluding carboxylic acids is 1. The molecular formula is C13H12N2O3. The summed E-state index contributed by atoms with van der Waals surface area (Å²) in [6, 6.07) is 5.91. The molecule has 1 aromatic rings. The van der Waals surface area contributed by atoms with E-state index in [4.69, 9.17) is 6.42 Å². The summed E-state index contributed by atoms with van der Waals surface area (Å²) in [7, 11) is 1.60. The van der Waals surface area contributed by atoms with E-state index in [1.54, 1.807) is 25.3 Å². The number of nitro benzene ring substituents is 1. The van der Waals surface area contributed by atoms with Gasteiger partial charge < -0.3 is 4.90 Å². The van der Waals surface area contributed by atoms with Crippen LogP contribution in [0.4, 0.5) is 5.69 Å². The van der Waals surface area contributed by atoms with Crippen LogP contribution in [-0.4, -0.2) is 29.3 Å². The molecule has 0 heterocycles. The molecule has 1 aromatic carbocycles. The Hall–Kier alpha value is -2.61. The van der Waals surface area contributed by atoms with E-state index >= 15 is 0 Å². The van der Waals surface area contributed by atoms with Gasteiger partial charge in [0.2, 0.25) is 5.91 Å². The fourth-order valence-electron chi connectivity index (χ4n) is 1.22. The Labute approximate surface area is 105 Å². The second-order valence-corrected chi connectivity index (χ2v) is 3.58. The van der Waals surface area contributed by atoms with E-state index in [1.807, 2.05) is 0 Å². The lowest BCUT2D eigenvalue weighted by Crippen LogP contribution is -2.24. The molecule has 0 unspecified atom stereocenters. The SMILES string of the molecule is C#CCN(C)C(=O)/C=C/c1ccc([N+](=O)[O-])cc1. The van der Waals surface area contributed by atoms with Gasteiger partial charge in [-0.15, -0.1) is 6.42 Å². The van der Waals surface area contributed by atoms with Crippen LogP contribution in [0.5, 0.6) is 0 Å². The highest BCUT2D eigenvalue weighted by atomic mass is 16.6. The monoisotopic (exact) mass is 244 g/mol. The van der Waals surface area contributed by atoms with Crippen molar-refractivity contribution in [2.45, 2.75) is 0 Å². The predicted octanol–water partition coefficient (Wildman–Crippen LogP) is 1.70. The molecule has 1 rings (SSSR count). The molecule has 0 aliphatic heterocycles. The first-order valence-corrected chi connectivity index (χ1v) is 5.15. The molecule has 0 atom stereocenters. The van der Waals surface area contributed by atoms with Crippen molar-refractivity contribution < 1.29 is 9.72 Å². The smallest absolute Gasteiger partial charge is 0.269 e. The van der Waals surface area contributed by atoms with Crippen LogP contribution in [0, 0.1) is 22.5 Å². The summed E-state index contributed by atoms with van der Waals surface area (Å²) >= 11 is 0. The van der Waals surface area contributed by atoms with Gasteiger partial charge in [-0.25, -0.2) is 0 Å². The summed E-state index contributed by atoms with van der Waals surface area (Å²) in [6.07, 6.45) is 8.04. The summed E-state index contributed by atoms with van der Waals surface area (Å²) in [5, 5.41) is 10.4. The van der Waals surface area contributed by atoms with Crippen LogP contribution in [0.25, 0.3) is 6.08 Å². The third-order valence-electron chi connectivity index (χ3n) is 2.23. The van der Waals surface area contributed by atoms with Crippen molar-refractivity contribution in [2.24, 2.45) is 0 Å². The maximum atomic E-state index is 11.5. The number of amides is 1. The minimum absolute atomic E-state index is 0.0166. The molecule has 0 aliphatic carbocycles. The van der Waals surface area contributed by atoms with Crippen LogP contribution in [0.1, 0.15) is 5.56 Å². The Kier molecular flexibility index (Phi) is 4.64. The van der Waals surface area contributed by atoms with E-state index in [0.717, 1.165) is 0 Å². The van der Waals surface area contributed by atoms with E-state index in [9.17, 15) is 14.9 Å². The third kappa shape index (κ3) is 3.76. The summed E-state index contributed by atoms with van der Waals surface area (Å²) in [6.45, 7) is 0.240. The molecule has 5 heteroatoms. The molecule has 0 fully saturated rings. The van der Waals surface area contributed by atoms with Crippen LogP contribution in [-0.2, 0) is 4.79 Å². The molecule has 0 aromatic heterocycles. The quantitative estimate of drug-likeness (QED) is 0.350. The van der Waals surface area contributed by atoms with Crippen molar-refractivity contribution in [1.29, 1.82) is 0 Å². The zero-order valence-electron chi connectivity index (χ0n) is 9.87. The van der Waals surface area contributed by atoms with Gasteiger partial charge in [0.25, 0.3) is 5.69 Å². The molecular weight excluding hydrogens is 232 g/mol. The number of benzene rings is 1. The van der Waals surface area contributed by atoms with E-state index < -0.39 is 4.92 Å². The summed E-state index contributed by atoms with van der Waals surface area (Å²) < 4.78 is 0. The Morgan fingerprint density at radius 1 is 1.50 bits per heavy atom. The second-order valence-electron chi connectivity index (χ2n) is 3.58. The van der Waals surface area contributed by atoms with Crippen molar-refractivity contribution in [3.05, 3.63) is 46.0 Å². The van der Waals surface area contributed by atoms with Crippen molar-refractivity contribution in [1.82, 2.24) is 4.90 Å². The first-order valence-electron chi connectivity index (χ1n) is 5.15. The number of nitro groups is 1. The number of rotatable bonds is 4. The van der Waals surface area contributed by atoms with Crippen molar-refractivity contribution in [2.75, 3.05) is 13.6 Å². The van der Waals surface area contributed by atoms with Gasteiger partial charge in [-0.2, -0.15) is 0 Å². The number of carbonyl (C=O) groups is 1. The van der Waals surface area contributed by atoms with E-state index in [-0.39, 0.29) is 18.1 Å². The Morgan fingerprint density at radius 2 is 2.11 bits per heavy atom. The molecule has 0 aliphatic rings. The van der Waals surface area contributed by atoms with Crippen LogP contribution in [0.15, 0.2) is 30.3 Å². The average Bonchev–Trinajstić information content (AvgIpc) is 2.36. The highest BCUT2D eigenvalue weighted by molar-refractivity contribution is 5.91. The van der Waals surface area contributed by atoms with Gasteiger partial charge in [-0.1, -0.05) is 5.92 Å². The van der Waals surface area contributed by atoms with Gasteiger partial charge in [-0.05, 0) is 23.8 Å². The first-order chi connectivity index (χ1) is 8.54. The van der Waals surface area contributed by atoms with Crippen molar-refractivity contribution in [3.8, 4) is 12.3 Å². The summed E-state index contributed by atoms with van der Waals surface area (Å²) in [5.41, 5.74) is 0.728. The lowest BCUT2D eigenvalue weighted by molar-refractivity contribution is -0.384. The number of hydrogen-bond donors (Lipinski definition) is 0. The van der Waals surface area contributed by atoms with Gasteiger partial charge in [0.05, 0.1) is 11.5 Å². The van der Waals surface area contributed by atoms with Crippen molar-refractivity contribution in [3.63, 3.8) is 0 Å². The second kappa shape index (κ2) is 6.21. The highest BCUT2D eigenvalue weighted by Gasteiger charge is 2.04. The van der Waals surface area contributed by atoms with Gasteiger partial charge >= 0.3 is 0 Å². The third-order valence-corrected chi connectivity index (χ3v) is 2.23. The Balaban J connectivity index is 2.70. The van der Waals surface area contributed by atoms with Crippen LogP contribution >= 0.6 is 0 Å². The molecule has 0 N–H and O–H groups in total. The number of hydrogen-bond acceptors (Lipinski definition) is 3. The minimum atomic E-state index is -0.473. The average molecular weight is 244 g/mol. The lowest BCUT2D eigenvalue weighted by atomic mass is 10.2. The van der Waals surface area contributed by atoms with Crippen LogP contribution in [0.2, 0.25) is 0 Å². The molecule has 0 saturated carbocycles. The van der Waals surface area contributed by atoms with E-state index in [2.05, 4.69) is 5.92 Å². The Morgan fingerprint density at radius 3 is 2.61 bits per heavy atom. The van der Waals surface area contributed by atoms with Gasteiger partial charge in [0.1, 0.15) is 0 Å². The first kappa shape index (κ1) is 13.5. The number of non-ortho nitro benzene ring substituents is 1. The number of terminal acetylenes is 1. The zero-order chi connectivity index (χ0) is 13.5. The topological polar surface area (TPSA) is 63.5 Å². The van der Waals surface area contributed by atoms with Gasteiger partial charge in [0, 0.05) is 25.3 Å². The molecule has 0 radical (unpaired) electrons. The summed E-state index contributed by atoms with van der Waals surface area (Å²) in [5.74, 6) is 2.15. The molecule has 0 spiro atoms.